The molecule has 0 aliphatic rings. The van der Waals surface area contributed by atoms with Crippen molar-refractivity contribution in [3.05, 3.63) is 48.5 Å². The molecule has 2 aromatic carbocycles. The van der Waals surface area contributed by atoms with E-state index in [2.05, 4.69) is 0 Å². The van der Waals surface area contributed by atoms with E-state index in [1.807, 2.05) is 0 Å². The van der Waals surface area contributed by atoms with Crippen LogP contribution in [-0.2, 0) is 20.0 Å². The van der Waals surface area contributed by atoms with E-state index >= 15 is 0 Å². The summed E-state index contributed by atoms with van der Waals surface area (Å²) in [5.74, 6) is 0.614. The van der Waals surface area contributed by atoms with Crippen LogP contribution in [0.5, 0.6) is 11.5 Å². The van der Waals surface area contributed by atoms with Crippen LogP contribution in [0.1, 0.15) is 0 Å². The molecule has 0 saturated carbocycles. The highest BCUT2D eigenvalue weighted by Gasteiger charge is 2.22. The third-order valence-electron chi connectivity index (χ3n) is 2.84. The summed E-state index contributed by atoms with van der Waals surface area (Å²) in [6.07, 6.45) is 0. The Labute approximate surface area is 164 Å². The van der Waals surface area contributed by atoms with Gasteiger partial charge in [-0.15, -0.1) is 0 Å². The van der Waals surface area contributed by atoms with Crippen molar-refractivity contribution in [1.29, 1.82) is 0 Å². The number of hydrogen-bond acceptors (Lipinski definition) is 5. The summed E-state index contributed by atoms with van der Waals surface area (Å²) in [7, 11) is -7.97. The lowest BCUT2D eigenvalue weighted by molar-refractivity contribution is 0.481. The van der Waals surface area contributed by atoms with Crippen molar-refractivity contribution in [2.45, 2.75) is 9.79 Å². The number of hydrogen-bond donors (Lipinski definition) is 0. The second kappa shape index (κ2) is 7.85. The highest BCUT2D eigenvalue weighted by molar-refractivity contribution is 7.91. The fourth-order valence-electron chi connectivity index (χ4n) is 1.65. The lowest BCUT2D eigenvalue weighted by Crippen LogP contribution is -2.12. The van der Waals surface area contributed by atoms with Crippen molar-refractivity contribution in [1.82, 2.24) is 6.69 Å². The lowest BCUT2D eigenvalue weighted by atomic mass is 10.3. The molecule has 2 aromatic rings. The molecule has 2 rings (SSSR count). The van der Waals surface area contributed by atoms with Crippen LogP contribution in [-0.4, -0.2) is 23.5 Å². The quantitative estimate of drug-likeness (QED) is 0.600. The van der Waals surface area contributed by atoms with Gasteiger partial charge in [0, 0.05) is 47.1 Å². The number of sulfonamides is 2. The van der Waals surface area contributed by atoms with Crippen molar-refractivity contribution < 1.29 is 21.6 Å². The largest absolute Gasteiger partial charge is 0.457 e. The molecule has 0 atom stereocenters. The molecular weight excluding hydrogens is 458 g/mol. The summed E-state index contributed by atoms with van der Waals surface area (Å²) < 4.78 is 52.5. The second-order valence-electron chi connectivity index (χ2n) is 4.40. The maximum Gasteiger partial charge on any atom is 0.270 e. The van der Waals surface area contributed by atoms with Crippen LogP contribution >= 0.6 is 47.1 Å². The molecule has 0 heterocycles. The van der Waals surface area contributed by atoms with Gasteiger partial charge in [0.2, 0.25) is 0 Å². The molecule has 0 radical (unpaired) electrons. The minimum absolute atomic E-state index is 0.0546. The molecule has 13 heteroatoms. The maximum atomic E-state index is 11.7. The Morgan fingerprint density at radius 3 is 1.12 bits per heavy atom. The normalized spacial score (nSPS) is 12.6. The predicted molar refractivity (Wildman–Crippen MR) is 94.4 cm³/mol. The van der Waals surface area contributed by atoms with Gasteiger partial charge < -0.3 is 4.74 Å². The van der Waals surface area contributed by atoms with Gasteiger partial charge in [-0.25, -0.2) is 16.8 Å². The number of halogens is 4. The predicted octanol–water partition coefficient (Wildman–Crippen LogP) is 4.08. The summed E-state index contributed by atoms with van der Waals surface area (Å²) in [4.78, 5) is -0.258. The Bertz CT molecular complexity index is 867. The second-order valence-corrected chi connectivity index (χ2v) is 10.5. The Kier molecular flexibility index (Phi) is 6.45. The topological polar surface area (TPSA) is 84.0 Å². The standard InChI is InChI=1S/C12H8Cl4N2O5S2/c13-17(14)24(19,20)11-5-1-9(2-6-11)23-10-3-7-12(8-4-10)25(21,22)18(15)16/h1-8H. The van der Waals surface area contributed by atoms with Gasteiger partial charge in [-0.2, -0.15) is 0 Å². The Morgan fingerprint density at radius 2 is 0.880 bits per heavy atom. The van der Waals surface area contributed by atoms with Crippen LogP contribution in [0, 0.1) is 0 Å². The zero-order valence-electron chi connectivity index (χ0n) is 11.9. The molecule has 0 N–H and O–H groups in total. The molecule has 0 spiro atoms. The van der Waals surface area contributed by atoms with Gasteiger partial charge in [-0.3, -0.25) is 0 Å². The van der Waals surface area contributed by atoms with E-state index in [0.29, 0.717) is 11.5 Å². The van der Waals surface area contributed by atoms with E-state index in [1.165, 1.54) is 48.5 Å². The summed E-state index contributed by atoms with van der Waals surface area (Å²) in [6, 6.07) is 10.5. The first-order valence-corrected chi connectivity index (χ1v) is 10.4. The SMILES string of the molecule is O=S(=O)(c1ccc(Oc2ccc(S(=O)(=O)N(Cl)Cl)cc2)cc1)N(Cl)Cl. The molecule has 0 fully saturated rings. The Morgan fingerprint density at radius 1 is 0.600 bits per heavy atom. The molecule has 0 aromatic heterocycles. The summed E-state index contributed by atoms with van der Waals surface area (Å²) in [6.45, 7) is 0. The van der Waals surface area contributed by atoms with Crippen molar-refractivity contribution in [3.63, 3.8) is 0 Å². The Balaban J connectivity index is 2.18. The van der Waals surface area contributed by atoms with Gasteiger partial charge in [0.25, 0.3) is 20.0 Å². The minimum atomic E-state index is -3.98. The molecule has 0 unspecified atom stereocenters. The number of benzene rings is 2. The average Bonchev–Trinajstić information content (AvgIpc) is 2.55. The molecule has 0 amide bonds. The molecule has 136 valence electrons. The van der Waals surface area contributed by atoms with Crippen LogP contribution < -0.4 is 4.74 Å². The van der Waals surface area contributed by atoms with E-state index in [1.54, 1.807) is 0 Å². The maximum absolute atomic E-state index is 11.7. The van der Waals surface area contributed by atoms with Gasteiger partial charge in [-0.05, 0) is 55.2 Å². The van der Waals surface area contributed by atoms with E-state index in [4.69, 9.17) is 51.8 Å². The van der Waals surface area contributed by atoms with Gasteiger partial charge in [-0.1, -0.05) is 0 Å². The van der Waals surface area contributed by atoms with Gasteiger partial charge in [0.1, 0.15) is 11.5 Å². The molecule has 7 nitrogen and oxygen atoms in total. The smallest absolute Gasteiger partial charge is 0.270 e. The van der Waals surface area contributed by atoms with Crippen LogP contribution in [0.4, 0.5) is 0 Å². The third kappa shape index (κ3) is 4.69. The van der Waals surface area contributed by atoms with Gasteiger partial charge in [0.15, 0.2) is 0 Å². The zero-order valence-corrected chi connectivity index (χ0v) is 16.5. The Hall–Kier alpha value is -0.780. The van der Waals surface area contributed by atoms with Gasteiger partial charge in [0.05, 0.1) is 9.79 Å². The van der Waals surface area contributed by atoms with Crippen molar-refractivity contribution in [2.24, 2.45) is 0 Å². The monoisotopic (exact) mass is 464 g/mol. The highest BCUT2D eigenvalue weighted by Crippen LogP contribution is 2.27. The highest BCUT2D eigenvalue weighted by atomic mass is 35.6. The van der Waals surface area contributed by atoms with Crippen LogP contribution in [0.25, 0.3) is 0 Å². The molecule has 0 aliphatic heterocycles. The van der Waals surface area contributed by atoms with Crippen LogP contribution in [0.2, 0.25) is 0 Å². The average molecular weight is 466 g/mol. The lowest BCUT2D eigenvalue weighted by Gasteiger charge is -2.10. The molecule has 0 aliphatic carbocycles. The summed E-state index contributed by atoms with van der Waals surface area (Å²) in [5, 5.41) is 0. The fourth-order valence-corrected chi connectivity index (χ4v) is 3.89. The summed E-state index contributed by atoms with van der Waals surface area (Å²) >= 11 is 21.0. The fraction of sp³-hybridized carbons (Fsp3) is 0. The minimum Gasteiger partial charge on any atom is -0.457 e. The number of nitrogens with zero attached hydrogens (tertiary/aromatic N) is 2. The third-order valence-corrected chi connectivity index (χ3v) is 7.49. The van der Waals surface area contributed by atoms with Crippen molar-refractivity contribution >= 4 is 67.2 Å². The van der Waals surface area contributed by atoms with Crippen molar-refractivity contribution in [3.8, 4) is 11.5 Å². The van der Waals surface area contributed by atoms with E-state index in [0.717, 1.165) is 0 Å². The van der Waals surface area contributed by atoms with E-state index in [-0.39, 0.29) is 16.5 Å². The van der Waals surface area contributed by atoms with Crippen molar-refractivity contribution in [2.75, 3.05) is 0 Å². The van der Waals surface area contributed by atoms with Crippen LogP contribution in [0.3, 0.4) is 0 Å². The number of ether oxygens (including phenoxy) is 1. The first-order chi connectivity index (χ1) is 11.5. The molecule has 25 heavy (non-hydrogen) atoms. The van der Waals surface area contributed by atoms with E-state index < -0.39 is 20.0 Å². The summed E-state index contributed by atoms with van der Waals surface area (Å²) in [5.41, 5.74) is 0. The molecule has 0 saturated heterocycles. The molecular formula is C12H8Cl4N2O5S2. The van der Waals surface area contributed by atoms with E-state index in [9.17, 15) is 16.8 Å². The zero-order chi connectivity index (χ0) is 18.8. The first-order valence-electron chi connectivity index (χ1n) is 6.17. The first kappa shape index (κ1) is 20.5. The van der Waals surface area contributed by atoms with Gasteiger partial charge >= 0.3 is 0 Å². The van der Waals surface area contributed by atoms with Crippen LogP contribution in [0.15, 0.2) is 58.3 Å². The number of rotatable bonds is 6. The molecule has 0 bridgehead atoms.